The van der Waals surface area contributed by atoms with E-state index in [1.54, 1.807) is 36.5 Å². The van der Waals surface area contributed by atoms with Gasteiger partial charge in [0.05, 0.1) is 11.4 Å². The fraction of sp³-hybridized carbons (Fsp3) is 0.214. The Balaban J connectivity index is 1.65. The average Bonchev–Trinajstić information content (AvgIpc) is 3.34. The normalized spacial score (nSPS) is 11.9. The van der Waals surface area contributed by atoms with Crippen LogP contribution in [0.1, 0.15) is 48.0 Å². The van der Waals surface area contributed by atoms with Gasteiger partial charge in [0.2, 0.25) is 14.9 Å². The number of rotatable bonds is 6. The second-order valence-corrected chi connectivity index (χ2v) is 11.3. The van der Waals surface area contributed by atoms with Crippen LogP contribution in [-0.2, 0) is 21.8 Å². The third kappa shape index (κ3) is 5.35. The third-order valence-electron chi connectivity index (χ3n) is 5.72. The van der Waals surface area contributed by atoms with Gasteiger partial charge in [-0.3, -0.25) is 9.69 Å². The largest absolute Gasteiger partial charge is 0.439 e. The summed E-state index contributed by atoms with van der Waals surface area (Å²) < 4.78 is 31.6. The SMILES string of the molecule is Cc1ccc(S(=O)(=O)c2ccc(C(=O)N(Cc3ccc(C(C)(C)C)cc3)c3ccccn3)o2)cc1. The van der Waals surface area contributed by atoms with Gasteiger partial charge in [0.25, 0.3) is 5.91 Å². The van der Waals surface area contributed by atoms with Crippen LogP contribution in [0.15, 0.2) is 99.5 Å². The molecule has 0 saturated carbocycles. The molecule has 0 aliphatic carbocycles. The molecule has 0 spiro atoms. The molecule has 6 nitrogen and oxygen atoms in total. The Morgan fingerprint density at radius 3 is 2.20 bits per heavy atom. The number of nitrogens with zero attached hydrogens (tertiary/aromatic N) is 2. The smallest absolute Gasteiger partial charge is 0.295 e. The highest BCUT2D eigenvalue weighted by atomic mass is 32.2. The van der Waals surface area contributed by atoms with Crippen molar-refractivity contribution in [2.45, 2.75) is 49.6 Å². The topological polar surface area (TPSA) is 80.5 Å². The van der Waals surface area contributed by atoms with E-state index in [0.717, 1.165) is 11.1 Å². The van der Waals surface area contributed by atoms with E-state index in [9.17, 15) is 13.2 Å². The van der Waals surface area contributed by atoms with Gasteiger partial charge in [-0.2, -0.15) is 0 Å². The quantitative estimate of drug-likeness (QED) is 0.334. The second-order valence-electron chi connectivity index (χ2n) is 9.46. The minimum atomic E-state index is -3.89. The molecule has 0 saturated heterocycles. The zero-order valence-corrected chi connectivity index (χ0v) is 21.0. The molecule has 35 heavy (non-hydrogen) atoms. The number of carbonyl (C=O) groups excluding carboxylic acids is 1. The van der Waals surface area contributed by atoms with Crippen LogP contribution in [0.3, 0.4) is 0 Å². The molecule has 0 unspecified atom stereocenters. The summed E-state index contributed by atoms with van der Waals surface area (Å²) in [7, 11) is -3.89. The summed E-state index contributed by atoms with van der Waals surface area (Å²) in [5.41, 5.74) is 3.06. The van der Waals surface area contributed by atoms with Gasteiger partial charge in [0, 0.05) is 6.20 Å². The van der Waals surface area contributed by atoms with E-state index in [0.29, 0.717) is 5.82 Å². The number of furan rings is 1. The maximum absolute atomic E-state index is 13.5. The molecule has 0 radical (unpaired) electrons. The number of pyridine rings is 1. The van der Waals surface area contributed by atoms with Crippen LogP contribution >= 0.6 is 0 Å². The van der Waals surface area contributed by atoms with Crippen LogP contribution in [0.4, 0.5) is 5.82 Å². The summed E-state index contributed by atoms with van der Waals surface area (Å²) in [6, 6.07) is 22.6. The molecular weight excluding hydrogens is 460 g/mol. The van der Waals surface area contributed by atoms with Gasteiger partial charge in [0.1, 0.15) is 5.82 Å². The maximum Gasteiger partial charge on any atom is 0.295 e. The van der Waals surface area contributed by atoms with Crippen molar-refractivity contribution in [1.29, 1.82) is 0 Å². The number of anilines is 1. The summed E-state index contributed by atoms with van der Waals surface area (Å²) in [6.07, 6.45) is 1.60. The third-order valence-corrected chi connectivity index (χ3v) is 7.36. The highest BCUT2D eigenvalue weighted by molar-refractivity contribution is 7.91. The lowest BCUT2D eigenvalue weighted by atomic mass is 9.87. The molecule has 2 heterocycles. The van der Waals surface area contributed by atoms with Crippen LogP contribution in [0.2, 0.25) is 0 Å². The molecule has 0 atom stereocenters. The molecule has 0 fully saturated rings. The van der Waals surface area contributed by atoms with Gasteiger partial charge in [-0.1, -0.05) is 68.8 Å². The van der Waals surface area contributed by atoms with Gasteiger partial charge in [-0.05, 0) is 59.9 Å². The van der Waals surface area contributed by atoms with Crippen LogP contribution in [-0.4, -0.2) is 19.3 Å². The Kier molecular flexibility index (Phi) is 6.63. The lowest BCUT2D eigenvalue weighted by molar-refractivity contribution is 0.0952. The lowest BCUT2D eigenvalue weighted by Gasteiger charge is -2.22. The maximum atomic E-state index is 13.5. The summed E-state index contributed by atoms with van der Waals surface area (Å²) >= 11 is 0. The Hall–Kier alpha value is -3.71. The van der Waals surface area contributed by atoms with Crippen molar-refractivity contribution < 1.29 is 17.6 Å². The van der Waals surface area contributed by atoms with Gasteiger partial charge in [-0.25, -0.2) is 13.4 Å². The predicted molar refractivity (Wildman–Crippen MR) is 135 cm³/mol. The average molecular weight is 489 g/mol. The van der Waals surface area contributed by atoms with Gasteiger partial charge in [0.15, 0.2) is 5.76 Å². The van der Waals surface area contributed by atoms with E-state index in [1.165, 1.54) is 34.7 Å². The Morgan fingerprint density at radius 1 is 0.914 bits per heavy atom. The summed E-state index contributed by atoms with van der Waals surface area (Å²) in [4.78, 5) is 19.4. The van der Waals surface area contributed by atoms with Crippen LogP contribution in [0.25, 0.3) is 0 Å². The zero-order valence-electron chi connectivity index (χ0n) is 20.2. The highest BCUT2D eigenvalue weighted by Crippen LogP contribution is 2.26. The van der Waals surface area contributed by atoms with Gasteiger partial charge >= 0.3 is 0 Å². The van der Waals surface area contributed by atoms with Crippen molar-refractivity contribution >= 4 is 21.6 Å². The summed E-state index contributed by atoms with van der Waals surface area (Å²) in [5.74, 6) is -0.113. The molecule has 4 aromatic rings. The first kappa shape index (κ1) is 24.4. The molecule has 1 amide bonds. The van der Waals surface area contributed by atoms with Crippen molar-refractivity contribution in [2.75, 3.05) is 4.90 Å². The van der Waals surface area contributed by atoms with E-state index < -0.39 is 15.7 Å². The van der Waals surface area contributed by atoms with Crippen molar-refractivity contribution in [3.8, 4) is 0 Å². The molecule has 0 N–H and O–H groups in total. The number of carbonyl (C=O) groups is 1. The first-order valence-corrected chi connectivity index (χ1v) is 12.8. The van der Waals surface area contributed by atoms with Crippen molar-refractivity contribution in [1.82, 2.24) is 4.98 Å². The Morgan fingerprint density at radius 2 is 1.60 bits per heavy atom. The van der Waals surface area contributed by atoms with E-state index in [-0.39, 0.29) is 27.7 Å². The van der Waals surface area contributed by atoms with Gasteiger partial charge < -0.3 is 4.42 Å². The number of benzene rings is 2. The molecule has 2 aromatic carbocycles. The minimum absolute atomic E-state index is 0.0164. The zero-order chi connectivity index (χ0) is 25.2. The number of sulfone groups is 1. The monoisotopic (exact) mass is 488 g/mol. The van der Waals surface area contributed by atoms with Crippen molar-refractivity contribution in [3.05, 3.63) is 108 Å². The van der Waals surface area contributed by atoms with Gasteiger partial charge in [-0.15, -0.1) is 0 Å². The summed E-state index contributed by atoms with van der Waals surface area (Å²) in [6.45, 7) is 8.56. The van der Waals surface area contributed by atoms with E-state index in [4.69, 9.17) is 4.42 Å². The molecule has 0 bridgehead atoms. The van der Waals surface area contributed by atoms with Crippen molar-refractivity contribution in [2.24, 2.45) is 0 Å². The number of aromatic nitrogens is 1. The summed E-state index contributed by atoms with van der Waals surface area (Å²) in [5, 5.41) is -0.278. The van der Waals surface area contributed by atoms with E-state index >= 15 is 0 Å². The Labute approximate surface area is 206 Å². The van der Waals surface area contributed by atoms with Crippen LogP contribution < -0.4 is 4.90 Å². The molecule has 0 aliphatic heterocycles. The van der Waals surface area contributed by atoms with E-state index in [1.807, 2.05) is 19.1 Å². The fourth-order valence-corrected chi connectivity index (χ4v) is 4.78. The molecule has 4 rings (SSSR count). The molecule has 180 valence electrons. The highest BCUT2D eigenvalue weighted by Gasteiger charge is 2.27. The number of aryl methyl sites for hydroxylation is 1. The first-order chi connectivity index (χ1) is 16.6. The number of hydrogen-bond donors (Lipinski definition) is 0. The standard InChI is InChI=1S/C28H28N2O4S/c1-20-8-14-23(15-9-20)35(32,33)26-17-16-24(34-26)27(31)30(25-7-5-6-18-29-25)19-21-10-12-22(13-11-21)28(2,3)4/h5-18H,19H2,1-4H3. The van der Waals surface area contributed by atoms with Crippen LogP contribution in [0, 0.1) is 6.92 Å². The molecule has 2 aromatic heterocycles. The predicted octanol–water partition coefficient (Wildman–Crippen LogP) is 5.96. The number of hydrogen-bond acceptors (Lipinski definition) is 5. The number of amides is 1. The molecular formula is C28H28N2O4S. The fourth-order valence-electron chi connectivity index (χ4n) is 3.61. The van der Waals surface area contributed by atoms with Crippen LogP contribution in [0.5, 0.6) is 0 Å². The minimum Gasteiger partial charge on any atom is -0.439 e. The Bertz CT molecular complexity index is 1420. The second kappa shape index (κ2) is 9.50. The molecule has 0 aliphatic rings. The molecule has 7 heteroatoms. The van der Waals surface area contributed by atoms with Crippen molar-refractivity contribution in [3.63, 3.8) is 0 Å². The first-order valence-electron chi connectivity index (χ1n) is 11.3. The van der Waals surface area contributed by atoms with E-state index in [2.05, 4.69) is 37.9 Å². The lowest BCUT2D eigenvalue weighted by Crippen LogP contribution is -2.31.